The molecule has 1 aromatic heterocycles. The molecule has 1 N–H and O–H groups in total. The first-order valence-electron chi connectivity index (χ1n) is 5.46. The van der Waals surface area contributed by atoms with Crippen LogP contribution in [0.25, 0.3) is 10.9 Å². The van der Waals surface area contributed by atoms with Crippen molar-refractivity contribution < 1.29 is 5.11 Å². The molecule has 2 heteroatoms. The SMILES string of the molecule is CCn1c(C)cc2cccc(CCO)c21. The van der Waals surface area contributed by atoms with Crippen LogP contribution in [0.1, 0.15) is 18.2 Å². The van der Waals surface area contributed by atoms with E-state index in [1.165, 1.54) is 22.2 Å². The maximum absolute atomic E-state index is 9.04. The molecule has 80 valence electrons. The third-order valence-electron chi connectivity index (χ3n) is 2.91. The van der Waals surface area contributed by atoms with Crippen molar-refractivity contribution in [1.29, 1.82) is 0 Å². The van der Waals surface area contributed by atoms with Crippen molar-refractivity contribution in [1.82, 2.24) is 4.57 Å². The second-order valence-corrected chi connectivity index (χ2v) is 3.86. The molecule has 0 amide bonds. The van der Waals surface area contributed by atoms with Crippen LogP contribution in [0.3, 0.4) is 0 Å². The Morgan fingerprint density at radius 1 is 1.33 bits per heavy atom. The van der Waals surface area contributed by atoms with Gasteiger partial charge in [-0.1, -0.05) is 18.2 Å². The molecule has 2 aromatic rings. The highest BCUT2D eigenvalue weighted by Crippen LogP contribution is 2.23. The van der Waals surface area contributed by atoms with Gasteiger partial charge < -0.3 is 9.67 Å². The first-order valence-corrected chi connectivity index (χ1v) is 5.46. The number of aryl methyl sites for hydroxylation is 2. The summed E-state index contributed by atoms with van der Waals surface area (Å²) in [5.74, 6) is 0. The standard InChI is InChI=1S/C13H17NO/c1-3-14-10(2)9-12-6-4-5-11(7-8-15)13(12)14/h4-6,9,15H,3,7-8H2,1-2H3. The summed E-state index contributed by atoms with van der Waals surface area (Å²) in [6, 6.07) is 8.51. The monoisotopic (exact) mass is 203 g/mol. The quantitative estimate of drug-likeness (QED) is 0.814. The Bertz CT molecular complexity index is 471. The summed E-state index contributed by atoms with van der Waals surface area (Å²) in [5.41, 5.74) is 3.81. The Kier molecular flexibility index (Phi) is 2.78. The van der Waals surface area contributed by atoms with Crippen molar-refractivity contribution in [3.63, 3.8) is 0 Å². The van der Waals surface area contributed by atoms with Crippen molar-refractivity contribution in [3.8, 4) is 0 Å². The molecule has 0 aliphatic carbocycles. The predicted octanol–water partition coefficient (Wildman–Crippen LogP) is 2.50. The average molecular weight is 203 g/mol. The fourth-order valence-electron chi connectivity index (χ4n) is 2.27. The molecule has 0 saturated carbocycles. The van der Waals surface area contributed by atoms with E-state index in [0.717, 1.165) is 13.0 Å². The smallest absolute Gasteiger partial charge is 0.0515 e. The summed E-state index contributed by atoms with van der Waals surface area (Å²) in [5, 5.41) is 10.3. The molecule has 0 aliphatic rings. The van der Waals surface area contributed by atoms with E-state index < -0.39 is 0 Å². The normalized spacial score (nSPS) is 11.1. The molecular formula is C13H17NO. The number of hydrogen-bond acceptors (Lipinski definition) is 1. The zero-order valence-electron chi connectivity index (χ0n) is 9.33. The van der Waals surface area contributed by atoms with E-state index in [1.807, 2.05) is 0 Å². The van der Waals surface area contributed by atoms with E-state index in [2.05, 4.69) is 42.7 Å². The van der Waals surface area contributed by atoms with Crippen molar-refractivity contribution in [3.05, 3.63) is 35.5 Å². The Hall–Kier alpha value is -1.28. The minimum atomic E-state index is 0.215. The number of para-hydroxylation sites is 1. The molecule has 2 nitrogen and oxygen atoms in total. The van der Waals surface area contributed by atoms with Gasteiger partial charge >= 0.3 is 0 Å². The van der Waals surface area contributed by atoms with Crippen LogP contribution >= 0.6 is 0 Å². The second-order valence-electron chi connectivity index (χ2n) is 3.86. The van der Waals surface area contributed by atoms with Gasteiger partial charge in [-0.25, -0.2) is 0 Å². The molecule has 0 bridgehead atoms. The van der Waals surface area contributed by atoms with Crippen LogP contribution in [0, 0.1) is 6.92 Å². The third-order valence-corrected chi connectivity index (χ3v) is 2.91. The van der Waals surface area contributed by atoms with Crippen LogP contribution in [-0.4, -0.2) is 16.3 Å². The van der Waals surface area contributed by atoms with Gasteiger partial charge in [0.1, 0.15) is 0 Å². The van der Waals surface area contributed by atoms with E-state index in [-0.39, 0.29) is 6.61 Å². The number of rotatable bonds is 3. The van der Waals surface area contributed by atoms with Gasteiger partial charge in [0.05, 0.1) is 5.52 Å². The lowest BCUT2D eigenvalue weighted by Gasteiger charge is -2.08. The van der Waals surface area contributed by atoms with Crippen molar-refractivity contribution in [2.45, 2.75) is 26.8 Å². The molecule has 2 rings (SSSR count). The molecular weight excluding hydrogens is 186 g/mol. The summed E-state index contributed by atoms with van der Waals surface area (Å²) < 4.78 is 2.31. The largest absolute Gasteiger partial charge is 0.396 e. The van der Waals surface area contributed by atoms with E-state index in [9.17, 15) is 0 Å². The molecule has 0 unspecified atom stereocenters. The summed E-state index contributed by atoms with van der Waals surface area (Å²) in [6.07, 6.45) is 0.737. The summed E-state index contributed by atoms with van der Waals surface area (Å²) in [7, 11) is 0. The van der Waals surface area contributed by atoms with Crippen LogP contribution in [-0.2, 0) is 13.0 Å². The van der Waals surface area contributed by atoms with Gasteiger partial charge in [-0.05, 0) is 31.9 Å². The highest BCUT2D eigenvalue weighted by Gasteiger charge is 2.07. The van der Waals surface area contributed by atoms with E-state index in [1.54, 1.807) is 0 Å². The first-order chi connectivity index (χ1) is 7.27. The van der Waals surface area contributed by atoms with E-state index >= 15 is 0 Å². The lowest BCUT2D eigenvalue weighted by atomic mass is 10.1. The molecule has 0 fully saturated rings. The number of aromatic nitrogens is 1. The van der Waals surface area contributed by atoms with Gasteiger partial charge in [0.15, 0.2) is 0 Å². The van der Waals surface area contributed by atoms with Crippen LogP contribution in [0.4, 0.5) is 0 Å². The summed E-state index contributed by atoms with van der Waals surface area (Å²) >= 11 is 0. The van der Waals surface area contributed by atoms with Gasteiger partial charge in [0.2, 0.25) is 0 Å². The fraction of sp³-hybridized carbons (Fsp3) is 0.385. The summed E-state index contributed by atoms with van der Waals surface area (Å²) in [4.78, 5) is 0. The predicted molar refractivity (Wildman–Crippen MR) is 63.1 cm³/mol. The highest BCUT2D eigenvalue weighted by atomic mass is 16.2. The lowest BCUT2D eigenvalue weighted by Crippen LogP contribution is -2.00. The number of fused-ring (bicyclic) bond motifs is 1. The van der Waals surface area contributed by atoms with Gasteiger partial charge in [-0.3, -0.25) is 0 Å². The van der Waals surface area contributed by atoms with Crippen LogP contribution in [0.2, 0.25) is 0 Å². The topological polar surface area (TPSA) is 25.2 Å². The van der Waals surface area contributed by atoms with Crippen LogP contribution < -0.4 is 0 Å². The highest BCUT2D eigenvalue weighted by molar-refractivity contribution is 5.84. The Morgan fingerprint density at radius 3 is 2.80 bits per heavy atom. The Morgan fingerprint density at radius 2 is 2.13 bits per heavy atom. The minimum Gasteiger partial charge on any atom is -0.396 e. The number of benzene rings is 1. The number of nitrogens with zero attached hydrogens (tertiary/aromatic N) is 1. The maximum Gasteiger partial charge on any atom is 0.0515 e. The van der Waals surface area contributed by atoms with Gasteiger partial charge in [0.25, 0.3) is 0 Å². The Labute approximate surface area is 90.2 Å². The van der Waals surface area contributed by atoms with Gasteiger partial charge in [-0.15, -0.1) is 0 Å². The molecule has 0 spiro atoms. The van der Waals surface area contributed by atoms with E-state index in [0.29, 0.717) is 0 Å². The van der Waals surface area contributed by atoms with Crippen molar-refractivity contribution in [2.24, 2.45) is 0 Å². The average Bonchev–Trinajstić information content (AvgIpc) is 2.55. The molecule has 1 heterocycles. The molecule has 0 atom stereocenters. The van der Waals surface area contributed by atoms with Crippen LogP contribution in [0.15, 0.2) is 24.3 Å². The van der Waals surface area contributed by atoms with Gasteiger partial charge in [0, 0.05) is 24.2 Å². The number of aliphatic hydroxyl groups excluding tert-OH is 1. The minimum absolute atomic E-state index is 0.215. The van der Waals surface area contributed by atoms with Gasteiger partial charge in [-0.2, -0.15) is 0 Å². The number of aliphatic hydroxyl groups is 1. The van der Waals surface area contributed by atoms with E-state index in [4.69, 9.17) is 5.11 Å². The molecule has 0 aliphatic heterocycles. The second kappa shape index (κ2) is 4.07. The summed E-state index contributed by atoms with van der Waals surface area (Å²) in [6.45, 7) is 5.49. The third kappa shape index (κ3) is 1.65. The molecule has 0 saturated heterocycles. The molecule has 15 heavy (non-hydrogen) atoms. The zero-order chi connectivity index (χ0) is 10.8. The van der Waals surface area contributed by atoms with Crippen molar-refractivity contribution >= 4 is 10.9 Å². The Balaban J connectivity index is 2.70. The maximum atomic E-state index is 9.04. The number of hydrogen-bond donors (Lipinski definition) is 1. The fourth-order valence-corrected chi connectivity index (χ4v) is 2.27. The van der Waals surface area contributed by atoms with Crippen molar-refractivity contribution in [2.75, 3.05) is 6.61 Å². The first kappa shape index (κ1) is 10.2. The lowest BCUT2D eigenvalue weighted by molar-refractivity contribution is 0.300. The molecule has 0 radical (unpaired) electrons. The molecule has 1 aromatic carbocycles. The van der Waals surface area contributed by atoms with Crippen LogP contribution in [0.5, 0.6) is 0 Å². The zero-order valence-corrected chi connectivity index (χ0v) is 9.33.